The van der Waals surface area contributed by atoms with E-state index in [-0.39, 0.29) is 6.04 Å². The van der Waals surface area contributed by atoms with Gasteiger partial charge in [0.25, 0.3) is 0 Å². The molecular formula is C20H19N3O. The Balaban J connectivity index is 1.55. The molecule has 4 nitrogen and oxygen atoms in total. The van der Waals surface area contributed by atoms with E-state index in [1.54, 1.807) is 0 Å². The molecule has 2 aromatic carbocycles. The van der Waals surface area contributed by atoms with Gasteiger partial charge in [0.1, 0.15) is 17.2 Å². The third kappa shape index (κ3) is 2.91. The fourth-order valence-electron chi connectivity index (χ4n) is 2.96. The van der Waals surface area contributed by atoms with Crippen molar-refractivity contribution in [3.63, 3.8) is 0 Å². The summed E-state index contributed by atoms with van der Waals surface area (Å²) in [5.74, 6) is 1.75. The van der Waals surface area contributed by atoms with Crippen LogP contribution in [-0.4, -0.2) is 5.71 Å². The highest BCUT2D eigenvalue weighted by molar-refractivity contribution is 5.99. The van der Waals surface area contributed by atoms with E-state index in [9.17, 15) is 0 Å². The van der Waals surface area contributed by atoms with Crippen LogP contribution in [0.4, 0.5) is 11.4 Å². The van der Waals surface area contributed by atoms with Crippen molar-refractivity contribution in [2.24, 2.45) is 5.10 Å². The highest BCUT2D eigenvalue weighted by Gasteiger charge is 2.24. The van der Waals surface area contributed by atoms with Crippen LogP contribution in [0.3, 0.4) is 0 Å². The number of benzene rings is 2. The van der Waals surface area contributed by atoms with E-state index >= 15 is 0 Å². The normalized spacial score (nSPS) is 16.5. The molecule has 4 heteroatoms. The fourth-order valence-corrected chi connectivity index (χ4v) is 2.96. The van der Waals surface area contributed by atoms with Crippen LogP contribution in [0.25, 0.3) is 0 Å². The Morgan fingerprint density at radius 2 is 1.79 bits per heavy atom. The Hall–Kier alpha value is -3.01. The molecular weight excluding hydrogens is 298 g/mol. The summed E-state index contributed by atoms with van der Waals surface area (Å²) in [5.41, 5.74) is 7.57. The zero-order chi connectivity index (χ0) is 16.4. The summed E-state index contributed by atoms with van der Waals surface area (Å²) >= 11 is 0. The van der Waals surface area contributed by atoms with Gasteiger partial charge in [0.2, 0.25) is 0 Å². The second-order valence-electron chi connectivity index (χ2n) is 5.93. The molecule has 1 aromatic heterocycles. The minimum absolute atomic E-state index is 0.137. The van der Waals surface area contributed by atoms with Crippen molar-refractivity contribution >= 4 is 17.1 Å². The summed E-state index contributed by atoms with van der Waals surface area (Å²) in [4.78, 5) is 0. The third-order valence-electron chi connectivity index (χ3n) is 4.17. The van der Waals surface area contributed by atoms with Crippen molar-refractivity contribution in [3.8, 4) is 0 Å². The maximum atomic E-state index is 5.69. The van der Waals surface area contributed by atoms with E-state index in [0.29, 0.717) is 0 Å². The van der Waals surface area contributed by atoms with Crippen LogP contribution in [0.5, 0.6) is 0 Å². The molecule has 0 saturated carbocycles. The summed E-state index contributed by atoms with van der Waals surface area (Å²) in [7, 11) is 0. The molecule has 0 fully saturated rings. The van der Waals surface area contributed by atoms with Crippen LogP contribution in [0.1, 0.15) is 29.5 Å². The molecule has 0 spiro atoms. The van der Waals surface area contributed by atoms with Gasteiger partial charge in [-0.3, -0.25) is 0 Å². The lowest BCUT2D eigenvalue weighted by atomic mass is 10.00. The van der Waals surface area contributed by atoms with Crippen LogP contribution < -0.4 is 10.7 Å². The van der Waals surface area contributed by atoms with Gasteiger partial charge in [0.05, 0.1) is 6.04 Å². The summed E-state index contributed by atoms with van der Waals surface area (Å²) in [6.45, 7) is 1.95. The predicted octanol–water partition coefficient (Wildman–Crippen LogP) is 4.77. The van der Waals surface area contributed by atoms with Crippen molar-refractivity contribution in [2.75, 3.05) is 5.32 Å². The van der Waals surface area contributed by atoms with E-state index in [2.05, 4.69) is 46.2 Å². The first-order valence-corrected chi connectivity index (χ1v) is 8.09. The molecule has 0 saturated heterocycles. The molecule has 0 amide bonds. The smallest absolute Gasteiger partial charge is 0.150 e. The highest BCUT2D eigenvalue weighted by atomic mass is 16.3. The molecule has 0 aliphatic carbocycles. The van der Waals surface area contributed by atoms with Crippen molar-refractivity contribution in [3.05, 3.63) is 83.8 Å². The van der Waals surface area contributed by atoms with E-state index in [0.717, 1.165) is 35.0 Å². The van der Waals surface area contributed by atoms with Crippen LogP contribution in [0.2, 0.25) is 0 Å². The first-order valence-electron chi connectivity index (χ1n) is 8.09. The summed E-state index contributed by atoms with van der Waals surface area (Å²) in [5, 5.41) is 7.96. The number of aryl methyl sites for hydroxylation is 1. The number of rotatable bonds is 4. The number of furan rings is 1. The molecule has 24 heavy (non-hydrogen) atoms. The van der Waals surface area contributed by atoms with Gasteiger partial charge in [-0.2, -0.15) is 5.10 Å². The standard InChI is InChI=1S/C20H19N3O/c1-14-11-12-20(24-14)19-13-18(22-23-19)16-9-5-6-10-17(16)21-15-7-3-2-4-8-15/h2-12,18,21-22H,13H2,1H3. The van der Waals surface area contributed by atoms with Gasteiger partial charge in [-0.05, 0) is 42.8 Å². The fraction of sp³-hybridized carbons (Fsp3) is 0.150. The topological polar surface area (TPSA) is 49.6 Å². The molecule has 120 valence electrons. The molecule has 1 aliphatic heterocycles. The third-order valence-corrected chi connectivity index (χ3v) is 4.17. The summed E-state index contributed by atoms with van der Waals surface area (Å²) in [6, 6.07) is 22.6. The summed E-state index contributed by atoms with van der Waals surface area (Å²) < 4.78 is 5.69. The lowest BCUT2D eigenvalue weighted by Gasteiger charge is -2.16. The van der Waals surface area contributed by atoms with Crippen molar-refractivity contribution < 1.29 is 4.42 Å². The highest BCUT2D eigenvalue weighted by Crippen LogP contribution is 2.31. The molecule has 1 atom stereocenters. The van der Waals surface area contributed by atoms with Gasteiger partial charge in [0, 0.05) is 17.8 Å². The van der Waals surface area contributed by atoms with Crippen LogP contribution in [0.15, 0.2) is 76.2 Å². The predicted molar refractivity (Wildman–Crippen MR) is 96.6 cm³/mol. The maximum absolute atomic E-state index is 5.69. The minimum Gasteiger partial charge on any atom is -0.460 e. The van der Waals surface area contributed by atoms with E-state index < -0.39 is 0 Å². The molecule has 3 aromatic rings. The average molecular weight is 317 g/mol. The van der Waals surface area contributed by atoms with Gasteiger partial charge < -0.3 is 15.2 Å². The molecule has 0 radical (unpaired) electrons. The van der Waals surface area contributed by atoms with E-state index in [1.807, 2.05) is 43.3 Å². The zero-order valence-electron chi connectivity index (χ0n) is 13.5. The lowest BCUT2D eigenvalue weighted by molar-refractivity contribution is 0.524. The monoisotopic (exact) mass is 317 g/mol. The van der Waals surface area contributed by atoms with Crippen LogP contribution >= 0.6 is 0 Å². The number of anilines is 2. The zero-order valence-corrected chi connectivity index (χ0v) is 13.5. The van der Waals surface area contributed by atoms with Crippen LogP contribution in [0, 0.1) is 6.92 Å². The average Bonchev–Trinajstić information content (AvgIpc) is 3.25. The van der Waals surface area contributed by atoms with Crippen molar-refractivity contribution in [2.45, 2.75) is 19.4 Å². The number of para-hydroxylation sites is 2. The molecule has 1 aliphatic rings. The number of hydrogen-bond donors (Lipinski definition) is 2. The quantitative estimate of drug-likeness (QED) is 0.728. The van der Waals surface area contributed by atoms with Gasteiger partial charge in [0.15, 0.2) is 0 Å². The summed E-state index contributed by atoms with van der Waals surface area (Å²) in [6.07, 6.45) is 0.806. The Bertz CT molecular complexity index is 867. The molecule has 0 bridgehead atoms. The first-order chi connectivity index (χ1) is 11.8. The Morgan fingerprint density at radius 1 is 1.00 bits per heavy atom. The van der Waals surface area contributed by atoms with E-state index in [1.165, 1.54) is 5.56 Å². The Labute approximate surface area is 141 Å². The molecule has 1 unspecified atom stereocenters. The largest absolute Gasteiger partial charge is 0.460 e. The van der Waals surface area contributed by atoms with Crippen LogP contribution in [-0.2, 0) is 0 Å². The Morgan fingerprint density at radius 3 is 2.58 bits per heavy atom. The van der Waals surface area contributed by atoms with Gasteiger partial charge >= 0.3 is 0 Å². The second-order valence-corrected chi connectivity index (χ2v) is 5.93. The SMILES string of the molecule is Cc1ccc(C2=NNC(c3ccccc3Nc3ccccc3)C2)o1. The number of hydrazone groups is 1. The first kappa shape index (κ1) is 14.6. The maximum Gasteiger partial charge on any atom is 0.150 e. The van der Waals surface area contributed by atoms with Gasteiger partial charge in [-0.25, -0.2) is 0 Å². The van der Waals surface area contributed by atoms with Gasteiger partial charge in [-0.15, -0.1) is 0 Å². The second kappa shape index (κ2) is 6.24. The van der Waals surface area contributed by atoms with Gasteiger partial charge in [-0.1, -0.05) is 36.4 Å². The number of nitrogens with one attached hydrogen (secondary N) is 2. The number of nitrogens with zero attached hydrogens (tertiary/aromatic N) is 1. The molecule has 2 heterocycles. The number of hydrogen-bond acceptors (Lipinski definition) is 4. The lowest BCUT2D eigenvalue weighted by Crippen LogP contribution is -2.12. The molecule has 4 rings (SSSR count). The van der Waals surface area contributed by atoms with Crippen molar-refractivity contribution in [1.29, 1.82) is 0 Å². The van der Waals surface area contributed by atoms with Crippen molar-refractivity contribution in [1.82, 2.24) is 5.43 Å². The van der Waals surface area contributed by atoms with E-state index in [4.69, 9.17) is 4.42 Å². The Kier molecular flexibility index (Phi) is 3.79. The minimum atomic E-state index is 0.137. The molecule has 2 N–H and O–H groups in total.